The normalized spacial score (nSPS) is 26.4. The quantitative estimate of drug-likeness (QED) is 0.815. The van der Waals surface area contributed by atoms with Gasteiger partial charge in [0.15, 0.2) is 0 Å². The van der Waals surface area contributed by atoms with Crippen molar-refractivity contribution in [2.24, 2.45) is 0 Å². The third-order valence-electron chi connectivity index (χ3n) is 3.68. The van der Waals surface area contributed by atoms with Gasteiger partial charge in [-0.25, -0.2) is 4.39 Å². The van der Waals surface area contributed by atoms with Gasteiger partial charge in [-0.3, -0.25) is 0 Å². The van der Waals surface area contributed by atoms with Crippen LogP contribution < -0.4 is 4.74 Å². The predicted molar refractivity (Wildman–Crippen MR) is 67.1 cm³/mol. The molecule has 0 saturated heterocycles. The smallest absolute Gasteiger partial charge is 0.123 e. The van der Waals surface area contributed by atoms with Crippen molar-refractivity contribution in [1.82, 2.24) is 0 Å². The Labute approximate surface area is 106 Å². The molecule has 1 N–H and O–H groups in total. The first-order valence-electron chi connectivity index (χ1n) is 6.53. The van der Waals surface area contributed by atoms with E-state index in [4.69, 9.17) is 4.74 Å². The summed E-state index contributed by atoms with van der Waals surface area (Å²) in [6, 6.07) is 4.69. The number of fused-ring (bicyclic) bond motifs is 1. The topological polar surface area (TPSA) is 29.5 Å². The summed E-state index contributed by atoms with van der Waals surface area (Å²) in [6.07, 6.45) is 6.31. The lowest BCUT2D eigenvalue weighted by Crippen LogP contribution is -2.17. The van der Waals surface area contributed by atoms with Crippen molar-refractivity contribution in [3.05, 3.63) is 41.2 Å². The Bertz CT molecular complexity index is 481. The van der Waals surface area contributed by atoms with E-state index in [2.05, 4.69) is 0 Å². The van der Waals surface area contributed by atoms with Crippen molar-refractivity contribution in [1.29, 1.82) is 0 Å². The van der Waals surface area contributed by atoms with Crippen molar-refractivity contribution < 1.29 is 14.2 Å². The summed E-state index contributed by atoms with van der Waals surface area (Å²) in [5.74, 6) is 0.601. The highest BCUT2D eigenvalue weighted by Gasteiger charge is 2.25. The molecule has 1 heterocycles. The lowest BCUT2D eigenvalue weighted by atomic mass is 9.92. The van der Waals surface area contributed by atoms with Gasteiger partial charge in [0.1, 0.15) is 17.7 Å². The van der Waals surface area contributed by atoms with Crippen LogP contribution in [-0.4, -0.2) is 17.3 Å². The number of rotatable bonds is 2. The maximum atomic E-state index is 13.1. The summed E-state index contributed by atoms with van der Waals surface area (Å²) in [5, 5.41) is 9.60. The standard InChI is InChI=1S/C15H17FO2/c16-12-4-5-15-11(8-12)9-14(18-15)7-10-2-1-3-13(17)6-10/h4-6,8,13-14,17H,1-3,7,9H2. The number of hydrogen-bond donors (Lipinski definition) is 1. The lowest BCUT2D eigenvalue weighted by Gasteiger charge is -2.19. The van der Waals surface area contributed by atoms with Crippen LogP contribution in [0.25, 0.3) is 0 Å². The molecule has 2 aliphatic rings. The highest BCUT2D eigenvalue weighted by molar-refractivity contribution is 5.38. The van der Waals surface area contributed by atoms with Crippen LogP contribution in [0, 0.1) is 5.82 Å². The predicted octanol–water partition coefficient (Wildman–Crippen LogP) is 2.99. The Kier molecular flexibility index (Phi) is 3.08. The van der Waals surface area contributed by atoms with Gasteiger partial charge in [0.25, 0.3) is 0 Å². The Morgan fingerprint density at radius 2 is 2.28 bits per heavy atom. The molecule has 0 bridgehead atoms. The number of aliphatic hydroxyl groups is 1. The van der Waals surface area contributed by atoms with Gasteiger partial charge in [-0.1, -0.05) is 11.6 Å². The molecule has 1 aromatic carbocycles. The molecule has 2 unspecified atom stereocenters. The van der Waals surface area contributed by atoms with Crippen molar-refractivity contribution in [2.45, 2.75) is 44.3 Å². The Morgan fingerprint density at radius 1 is 1.39 bits per heavy atom. The van der Waals surface area contributed by atoms with Crippen LogP contribution >= 0.6 is 0 Å². The van der Waals surface area contributed by atoms with Crippen molar-refractivity contribution >= 4 is 0 Å². The van der Waals surface area contributed by atoms with Gasteiger partial charge < -0.3 is 9.84 Å². The highest BCUT2D eigenvalue weighted by atomic mass is 19.1. The molecule has 3 rings (SSSR count). The van der Waals surface area contributed by atoms with Crippen molar-refractivity contribution in [3.8, 4) is 5.75 Å². The number of hydrogen-bond acceptors (Lipinski definition) is 2. The van der Waals surface area contributed by atoms with Crippen molar-refractivity contribution in [2.75, 3.05) is 0 Å². The second-order valence-corrected chi connectivity index (χ2v) is 5.18. The summed E-state index contributed by atoms with van der Waals surface area (Å²) in [7, 11) is 0. The van der Waals surface area contributed by atoms with E-state index in [1.54, 1.807) is 12.1 Å². The SMILES string of the molecule is OC1C=C(CC2Cc3cc(F)ccc3O2)CCC1. The van der Waals surface area contributed by atoms with E-state index >= 15 is 0 Å². The van der Waals surface area contributed by atoms with Gasteiger partial charge in [-0.15, -0.1) is 0 Å². The van der Waals surface area contributed by atoms with Gasteiger partial charge in [0.05, 0.1) is 6.10 Å². The van der Waals surface area contributed by atoms with E-state index in [1.165, 1.54) is 11.6 Å². The van der Waals surface area contributed by atoms with Gasteiger partial charge in [-0.05, 0) is 37.5 Å². The lowest BCUT2D eigenvalue weighted by molar-refractivity contribution is 0.195. The molecule has 0 saturated carbocycles. The molecule has 96 valence electrons. The first kappa shape index (κ1) is 11.7. The molecule has 3 heteroatoms. The van der Waals surface area contributed by atoms with Crippen molar-refractivity contribution in [3.63, 3.8) is 0 Å². The summed E-state index contributed by atoms with van der Waals surface area (Å²) in [5.41, 5.74) is 2.23. The van der Waals surface area contributed by atoms with Crippen LogP contribution in [0.3, 0.4) is 0 Å². The zero-order valence-corrected chi connectivity index (χ0v) is 10.2. The zero-order chi connectivity index (χ0) is 12.5. The molecule has 18 heavy (non-hydrogen) atoms. The monoisotopic (exact) mass is 248 g/mol. The van der Waals surface area contributed by atoms with E-state index in [9.17, 15) is 9.50 Å². The molecule has 0 radical (unpaired) electrons. The Hall–Kier alpha value is -1.35. The fourth-order valence-electron chi connectivity index (χ4n) is 2.84. The maximum absolute atomic E-state index is 13.1. The molecule has 0 fully saturated rings. The average Bonchev–Trinajstić information content (AvgIpc) is 2.70. The minimum atomic E-state index is -0.296. The van der Waals surface area contributed by atoms with Crippen LogP contribution in [-0.2, 0) is 6.42 Å². The molecule has 0 aromatic heterocycles. The minimum absolute atomic E-state index is 0.0957. The Balaban J connectivity index is 1.67. The molecular formula is C15H17FO2. The summed E-state index contributed by atoms with van der Waals surface area (Å²) >= 11 is 0. The van der Waals surface area contributed by atoms with Crippen LogP contribution in [0.4, 0.5) is 4.39 Å². The first-order valence-corrected chi connectivity index (χ1v) is 6.53. The third-order valence-corrected chi connectivity index (χ3v) is 3.68. The second kappa shape index (κ2) is 4.73. The fourth-order valence-corrected chi connectivity index (χ4v) is 2.84. The summed E-state index contributed by atoms with van der Waals surface area (Å²) in [6.45, 7) is 0. The van der Waals surface area contributed by atoms with Gasteiger partial charge >= 0.3 is 0 Å². The first-order chi connectivity index (χ1) is 8.70. The van der Waals surface area contributed by atoms with Crippen LogP contribution in [0.2, 0.25) is 0 Å². The Morgan fingerprint density at radius 3 is 3.11 bits per heavy atom. The van der Waals surface area contributed by atoms with Crippen LogP contribution in [0.5, 0.6) is 5.75 Å². The van der Waals surface area contributed by atoms with Gasteiger partial charge in [-0.2, -0.15) is 0 Å². The van der Waals surface area contributed by atoms with Crippen LogP contribution in [0.15, 0.2) is 29.8 Å². The van der Waals surface area contributed by atoms with E-state index in [1.807, 2.05) is 6.08 Å². The molecule has 2 nitrogen and oxygen atoms in total. The van der Waals surface area contributed by atoms with Gasteiger partial charge in [0.2, 0.25) is 0 Å². The minimum Gasteiger partial charge on any atom is -0.489 e. The molecule has 1 aliphatic carbocycles. The number of ether oxygens (including phenoxy) is 1. The molecule has 0 spiro atoms. The molecule has 1 aromatic rings. The third kappa shape index (κ3) is 2.41. The fraction of sp³-hybridized carbons (Fsp3) is 0.467. The molecule has 1 aliphatic heterocycles. The zero-order valence-electron chi connectivity index (χ0n) is 10.2. The van der Waals surface area contributed by atoms with E-state index in [-0.39, 0.29) is 18.0 Å². The average molecular weight is 248 g/mol. The highest BCUT2D eigenvalue weighted by Crippen LogP contribution is 2.33. The van der Waals surface area contributed by atoms with E-state index < -0.39 is 0 Å². The largest absolute Gasteiger partial charge is 0.489 e. The number of aliphatic hydroxyl groups excluding tert-OH is 1. The maximum Gasteiger partial charge on any atom is 0.123 e. The number of benzene rings is 1. The van der Waals surface area contributed by atoms with E-state index in [0.717, 1.165) is 43.4 Å². The molecule has 2 atom stereocenters. The second-order valence-electron chi connectivity index (χ2n) is 5.18. The molecule has 0 amide bonds. The van der Waals surface area contributed by atoms with Crippen LogP contribution in [0.1, 0.15) is 31.2 Å². The summed E-state index contributed by atoms with van der Waals surface area (Å²) < 4.78 is 18.9. The number of halogens is 1. The summed E-state index contributed by atoms with van der Waals surface area (Å²) in [4.78, 5) is 0. The molecular weight excluding hydrogens is 231 g/mol. The van der Waals surface area contributed by atoms with E-state index in [0.29, 0.717) is 0 Å². The van der Waals surface area contributed by atoms with Gasteiger partial charge in [0, 0.05) is 18.4 Å².